The number of aliphatic hydroxyl groups is 1. The molecule has 1 aliphatic heterocycles. The fourth-order valence-electron chi connectivity index (χ4n) is 3.00. The number of nitrogens with zero attached hydrogens (tertiary/aromatic N) is 2. The van der Waals surface area contributed by atoms with Gasteiger partial charge in [0.15, 0.2) is 0 Å². The molecule has 1 N–H and O–H groups in total. The minimum Gasteiger partial charge on any atom is -0.496 e. The van der Waals surface area contributed by atoms with Crippen LogP contribution in [0.25, 0.3) is 0 Å². The number of rotatable bonds is 7. The van der Waals surface area contributed by atoms with E-state index < -0.39 is 36.6 Å². The van der Waals surface area contributed by atoms with Gasteiger partial charge in [-0.2, -0.15) is 10.1 Å². The number of amides is 1. The first-order valence-corrected chi connectivity index (χ1v) is 9.78. The van der Waals surface area contributed by atoms with Crippen LogP contribution in [0.5, 0.6) is 11.5 Å². The van der Waals surface area contributed by atoms with Crippen molar-refractivity contribution in [3.63, 3.8) is 0 Å². The van der Waals surface area contributed by atoms with E-state index in [0.717, 1.165) is 0 Å². The van der Waals surface area contributed by atoms with E-state index in [2.05, 4.69) is 5.10 Å². The van der Waals surface area contributed by atoms with E-state index in [1.165, 1.54) is 25.3 Å². The monoisotopic (exact) mass is 494 g/mol. The van der Waals surface area contributed by atoms with E-state index >= 15 is 0 Å². The number of hydrogen-bond acceptors (Lipinski definition) is 5. The van der Waals surface area contributed by atoms with Gasteiger partial charge in [0, 0.05) is 17.5 Å². The van der Waals surface area contributed by atoms with Gasteiger partial charge in [0.1, 0.15) is 28.8 Å². The normalized spacial score (nSPS) is 18.3. The second-order valence-corrected chi connectivity index (χ2v) is 7.52. The summed E-state index contributed by atoms with van der Waals surface area (Å²) >= 11 is 12.0. The van der Waals surface area contributed by atoms with E-state index in [9.17, 15) is 27.5 Å². The quantitative estimate of drug-likeness (QED) is 0.549. The van der Waals surface area contributed by atoms with Crippen LogP contribution in [0, 0.1) is 0 Å². The van der Waals surface area contributed by atoms with E-state index in [1.54, 1.807) is 18.2 Å². The molecule has 0 bridgehead atoms. The molecule has 0 saturated heterocycles. The van der Waals surface area contributed by atoms with Crippen LogP contribution in [0.15, 0.2) is 41.5 Å². The Hall–Kier alpha value is -2.56. The Bertz CT molecular complexity index is 1050. The van der Waals surface area contributed by atoms with Crippen LogP contribution in [-0.2, 0) is 6.61 Å². The summed E-state index contributed by atoms with van der Waals surface area (Å²) in [5.41, 5.74) is -4.10. The van der Waals surface area contributed by atoms with Gasteiger partial charge in [0.25, 0.3) is 18.8 Å². The van der Waals surface area contributed by atoms with Gasteiger partial charge >= 0.3 is 0 Å². The summed E-state index contributed by atoms with van der Waals surface area (Å²) in [5.74, 6) is -0.661. The third kappa shape index (κ3) is 4.62. The Morgan fingerprint density at radius 2 is 1.94 bits per heavy atom. The van der Waals surface area contributed by atoms with Crippen LogP contribution in [0.4, 0.5) is 17.6 Å². The maximum atomic E-state index is 13.4. The first-order valence-electron chi connectivity index (χ1n) is 9.02. The Morgan fingerprint density at radius 1 is 1.22 bits per heavy atom. The van der Waals surface area contributed by atoms with E-state index in [4.69, 9.17) is 32.7 Å². The van der Waals surface area contributed by atoms with Gasteiger partial charge in [-0.1, -0.05) is 29.3 Å². The molecule has 172 valence electrons. The largest absolute Gasteiger partial charge is 0.496 e. The van der Waals surface area contributed by atoms with E-state index in [-0.39, 0.29) is 33.0 Å². The molecule has 0 fully saturated rings. The summed E-state index contributed by atoms with van der Waals surface area (Å²) in [6, 6.07) is 8.56. The molecule has 2 aromatic carbocycles. The summed E-state index contributed by atoms with van der Waals surface area (Å²) in [4.78, 5) is 12.8. The van der Waals surface area contributed by atoms with E-state index in [1.807, 2.05) is 0 Å². The highest BCUT2D eigenvalue weighted by atomic mass is 35.5. The number of benzene rings is 2. The van der Waals surface area contributed by atoms with Crippen LogP contribution in [0.1, 0.15) is 22.3 Å². The molecule has 6 nitrogen and oxygen atoms in total. The molecule has 1 aliphatic rings. The van der Waals surface area contributed by atoms with Crippen LogP contribution >= 0.6 is 23.2 Å². The summed E-state index contributed by atoms with van der Waals surface area (Å²) in [6.45, 7) is -0.158. The summed E-state index contributed by atoms with van der Waals surface area (Å²) < 4.78 is 63.7. The van der Waals surface area contributed by atoms with Crippen molar-refractivity contribution >= 4 is 34.8 Å². The van der Waals surface area contributed by atoms with Crippen molar-refractivity contribution in [3.05, 3.63) is 57.6 Å². The van der Waals surface area contributed by atoms with Gasteiger partial charge in [-0.3, -0.25) is 4.79 Å². The first-order chi connectivity index (χ1) is 15.1. The molecule has 0 saturated carbocycles. The minimum absolute atomic E-state index is 0.0144. The number of alkyl halides is 4. The molecule has 0 unspecified atom stereocenters. The molecule has 0 radical (unpaired) electrons. The zero-order chi connectivity index (χ0) is 23.6. The predicted molar refractivity (Wildman–Crippen MR) is 109 cm³/mol. The molecular formula is C20H16Cl2F4N2O4. The lowest BCUT2D eigenvalue weighted by Crippen LogP contribution is -2.51. The SMILES string of the molecule is COc1ccc(C(=O)N2N=C(C(F)F)C[C@]2(O)C(F)F)cc1COc1cccc(Cl)c1Cl. The molecule has 0 aliphatic carbocycles. The Labute approximate surface area is 189 Å². The average Bonchev–Trinajstić information content (AvgIpc) is 3.13. The number of carbonyl (C=O) groups excluding carboxylic acids is 1. The summed E-state index contributed by atoms with van der Waals surface area (Å²) in [6.07, 6.45) is -7.91. The highest BCUT2D eigenvalue weighted by Gasteiger charge is 2.53. The Balaban J connectivity index is 1.91. The molecule has 32 heavy (non-hydrogen) atoms. The summed E-state index contributed by atoms with van der Waals surface area (Å²) in [5, 5.41) is 13.8. The van der Waals surface area contributed by atoms with Gasteiger partial charge in [-0.05, 0) is 30.3 Å². The van der Waals surface area contributed by atoms with Crippen molar-refractivity contribution in [2.75, 3.05) is 7.11 Å². The van der Waals surface area contributed by atoms with Crippen LogP contribution in [0.3, 0.4) is 0 Å². The highest BCUT2D eigenvalue weighted by Crippen LogP contribution is 2.36. The molecule has 0 aromatic heterocycles. The lowest BCUT2D eigenvalue weighted by atomic mass is 10.1. The second kappa shape index (κ2) is 9.51. The molecule has 2 aromatic rings. The van der Waals surface area contributed by atoms with Gasteiger partial charge in [-0.15, -0.1) is 0 Å². The maximum absolute atomic E-state index is 13.4. The number of ether oxygens (including phenoxy) is 2. The second-order valence-electron chi connectivity index (χ2n) is 6.73. The fraction of sp³-hybridized carbons (Fsp3) is 0.300. The van der Waals surface area contributed by atoms with Crippen LogP contribution in [-0.4, -0.2) is 47.4 Å². The predicted octanol–water partition coefficient (Wildman–Crippen LogP) is 5.00. The topological polar surface area (TPSA) is 71.4 Å². The molecule has 1 heterocycles. The number of hydrazone groups is 1. The molecule has 3 rings (SSSR count). The zero-order valence-electron chi connectivity index (χ0n) is 16.4. The van der Waals surface area contributed by atoms with Gasteiger partial charge in [0.05, 0.1) is 12.1 Å². The first kappa shape index (κ1) is 24.1. The molecule has 1 amide bonds. The summed E-state index contributed by atoms with van der Waals surface area (Å²) in [7, 11) is 1.36. The number of methoxy groups -OCH3 is 1. The van der Waals surface area contributed by atoms with Crippen molar-refractivity contribution in [1.82, 2.24) is 5.01 Å². The number of hydrogen-bond donors (Lipinski definition) is 1. The van der Waals surface area contributed by atoms with Gasteiger partial charge in [0.2, 0.25) is 5.72 Å². The van der Waals surface area contributed by atoms with Crippen LogP contribution < -0.4 is 9.47 Å². The van der Waals surface area contributed by atoms with Crippen LogP contribution in [0.2, 0.25) is 10.0 Å². The van der Waals surface area contributed by atoms with Crippen molar-refractivity contribution in [2.45, 2.75) is 31.6 Å². The minimum atomic E-state index is -3.53. The van der Waals surface area contributed by atoms with Crippen molar-refractivity contribution in [2.24, 2.45) is 5.10 Å². The zero-order valence-corrected chi connectivity index (χ0v) is 17.9. The highest BCUT2D eigenvalue weighted by molar-refractivity contribution is 6.42. The lowest BCUT2D eigenvalue weighted by molar-refractivity contribution is -0.164. The van der Waals surface area contributed by atoms with Crippen molar-refractivity contribution in [3.8, 4) is 11.5 Å². The number of halogens is 6. The Kier molecular flexibility index (Phi) is 7.16. The average molecular weight is 495 g/mol. The third-order valence-electron chi connectivity index (χ3n) is 4.66. The maximum Gasteiger partial charge on any atom is 0.287 e. The van der Waals surface area contributed by atoms with Crippen molar-refractivity contribution in [1.29, 1.82) is 0 Å². The van der Waals surface area contributed by atoms with Crippen molar-refractivity contribution < 1.29 is 36.9 Å². The molecule has 12 heteroatoms. The molecule has 1 atom stereocenters. The Morgan fingerprint density at radius 3 is 2.56 bits per heavy atom. The fourth-order valence-corrected chi connectivity index (χ4v) is 3.35. The molecular weight excluding hydrogens is 479 g/mol. The lowest BCUT2D eigenvalue weighted by Gasteiger charge is -2.30. The van der Waals surface area contributed by atoms with Gasteiger partial charge < -0.3 is 14.6 Å². The number of carbonyl (C=O) groups is 1. The molecule has 0 spiro atoms. The van der Waals surface area contributed by atoms with Gasteiger partial charge in [-0.25, -0.2) is 17.6 Å². The van der Waals surface area contributed by atoms with E-state index in [0.29, 0.717) is 11.3 Å². The third-order valence-corrected chi connectivity index (χ3v) is 5.46. The standard InChI is InChI=1S/C20H16Cl2F4N2O4/c1-31-14-6-5-10(7-11(14)9-32-15-4-2-3-12(21)16(15)22)18(29)28-20(30,19(25)26)8-13(27-28)17(23)24/h2-7,17,19,30H,8-9H2,1H3/t20-/m0/s1. The smallest absolute Gasteiger partial charge is 0.287 e.